The van der Waals surface area contributed by atoms with Gasteiger partial charge in [-0.3, -0.25) is 0 Å². The Labute approximate surface area is 118 Å². The zero-order valence-corrected chi connectivity index (χ0v) is 13.1. The lowest BCUT2D eigenvalue weighted by Crippen LogP contribution is -2.44. The number of hydrogen-bond acceptors (Lipinski definition) is 3. The van der Waals surface area contributed by atoms with Crippen LogP contribution in [-0.2, 0) is 10.0 Å². The van der Waals surface area contributed by atoms with Gasteiger partial charge in [0.25, 0.3) is 0 Å². The molecule has 0 radical (unpaired) electrons. The Morgan fingerprint density at radius 3 is 2.63 bits per heavy atom. The fourth-order valence-corrected chi connectivity index (χ4v) is 4.52. The van der Waals surface area contributed by atoms with Crippen LogP contribution in [0.4, 0.5) is 0 Å². The molecule has 1 heterocycles. The topological polar surface area (TPSA) is 49.4 Å². The minimum absolute atomic E-state index is 0.138. The number of piperidine rings is 1. The van der Waals surface area contributed by atoms with Crippen molar-refractivity contribution < 1.29 is 8.42 Å². The van der Waals surface area contributed by atoms with Crippen LogP contribution in [0.5, 0.6) is 0 Å². The van der Waals surface area contributed by atoms with Gasteiger partial charge in [0.05, 0.1) is 5.75 Å². The maximum Gasteiger partial charge on any atom is 0.214 e. The molecule has 2 fully saturated rings. The van der Waals surface area contributed by atoms with Crippen molar-refractivity contribution in [3.63, 3.8) is 0 Å². The molecule has 5 heteroatoms. The maximum absolute atomic E-state index is 12.3. The van der Waals surface area contributed by atoms with Gasteiger partial charge in [0.2, 0.25) is 10.0 Å². The number of hydrogen-bond donors (Lipinski definition) is 1. The highest BCUT2D eigenvalue weighted by molar-refractivity contribution is 7.89. The summed E-state index contributed by atoms with van der Waals surface area (Å²) < 4.78 is 26.3. The van der Waals surface area contributed by atoms with Crippen LogP contribution in [0.15, 0.2) is 0 Å². The van der Waals surface area contributed by atoms with Gasteiger partial charge in [-0.25, -0.2) is 12.7 Å². The summed E-state index contributed by atoms with van der Waals surface area (Å²) in [7, 11) is -3.03. The molecule has 19 heavy (non-hydrogen) atoms. The summed E-state index contributed by atoms with van der Waals surface area (Å²) in [6.07, 6.45) is 6.45. The molecule has 1 saturated carbocycles. The van der Waals surface area contributed by atoms with Gasteiger partial charge in [-0.1, -0.05) is 13.8 Å². The Bertz CT molecular complexity index is 388. The highest BCUT2D eigenvalue weighted by Gasteiger charge is 2.32. The van der Waals surface area contributed by atoms with Crippen LogP contribution in [0.1, 0.15) is 52.4 Å². The zero-order chi connectivity index (χ0) is 13.9. The number of unbranched alkanes of at least 4 members (excludes halogenated alkanes) is 1. The molecule has 1 N–H and O–H groups in total. The van der Waals surface area contributed by atoms with Crippen molar-refractivity contribution in [2.45, 2.75) is 58.4 Å². The third-order valence-electron chi connectivity index (χ3n) is 4.10. The van der Waals surface area contributed by atoms with E-state index >= 15 is 0 Å². The SMILES string of the molecule is CC1(C)CCCN(S(=O)(=O)CCCCNC2CC2)C1. The Morgan fingerprint density at radius 1 is 1.26 bits per heavy atom. The summed E-state index contributed by atoms with van der Waals surface area (Å²) in [6.45, 7) is 6.69. The minimum Gasteiger partial charge on any atom is -0.314 e. The smallest absolute Gasteiger partial charge is 0.214 e. The van der Waals surface area contributed by atoms with Gasteiger partial charge in [0.15, 0.2) is 0 Å². The van der Waals surface area contributed by atoms with Crippen molar-refractivity contribution in [3.05, 3.63) is 0 Å². The van der Waals surface area contributed by atoms with Crippen molar-refractivity contribution >= 4 is 10.0 Å². The number of nitrogens with zero attached hydrogens (tertiary/aromatic N) is 1. The van der Waals surface area contributed by atoms with Crippen molar-refractivity contribution in [2.24, 2.45) is 5.41 Å². The standard InChI is InChI=1S/C14H28N2O2S/c1-14(2)8-5-10-16(12-14)19(17,18)11-4-3-9-15-13-6-7-13/h13,15H,3-12H2,1-2H3. The first-order valence-corrected chi connectivity index (χ1v) is 9.21. The molecule has 0 spiro atoms. The Hall–Kier alpha value is -0.130. The van der Waals surface area contributed by atoms with Gasteiger partial charge >= 0.3 is 0 Å². The molecular weight excluding hydrogens is 260 g/mol. The molecule has 4 nitrogen and oxygen atoms in total. The normalized spacial score (nSPS) is 24.5. The van der Waals surface area contributed by atoms with E-state index in [0.29, 0.717) is 18.8 Å². The third kappa shape index (κ3) is 5.04. The monoisotopic (exact) mass is 288 g/mol. The van der Waals surface area contributed by atoms with Crippen molar-refractivity contribution in [1.29, 1.82) is 0 Å². The van der Waals surface area contributed by atoms with E-state index in [1.807, 2.05) is 0 Å². The molecule has 0 unspecified atom stereocenters. The fraction of sp³-hybridized carbons (Fsp3) is 1.00. The minimum atomic E-state index is -3.03. The zero-order valence-electron chi connectivity index (χ0n) is 12.3. The number of sulfonamides is 1. The molecule has 0 atom stereocenters. The van der Waals surface area contributed by atoms with Gasteiger partial charge in [-0.2, -0.15) is 0 Å². The van der Waals surface area contributed by atoms with E-state index in [1.54, 1.807) is 4.31 Å². The van der Waals surface area contributed by atoms with E-state index in [0.717, 1.165) is 38.3 Å². The molecule has 0 bridgehead atoms. The Kier molecular flexibility index (Phi) is 4.90. The largest absolute Gasteiger partial charge is 0.314 e. The van der Waals surface area contributed by atoms with Crippen LogP contribution in [0.3, 0.4) is 0 Å². The molecule has 0 aromatic carbocycles. The van der Waals surface area contributed by atoms with Crippen LogP contribution in [0.2, 0.25) is 0 Å². The molecule has 112 valence electrons. The average molecular weight is 288 g/mol. The third-order valence-corrected chi connectivity index (χ3v) is 6.00. The summed E-state index contributed by atoms with van der Waals surface area (Å²) in [6, 6.07) is 0.722. The molecule has 2 rings (SSSR count). The molecule has 2 aliphatic rings. The van der Waals surface area contributed by atoms with Crippen LogP contribution in [0.25, 0.3) is 0 Å². The van der Waals surface area contributed by atoms with E-state index in [2.05, 4.69) is 19.2 Å². The average Bonchev–Trinajstić information content (AvgIpc) is 3.11. The maximum atomic E-state index is 12.3. The van der Waals surface area contributed by atoms with E-state index < -0.39 is 10.0 Å². The van der Waals surface area contributed by atoms with Crippen LogP contribution in [0, 0.1) is 5.41 Å². The predicted molar refractivity (Wildman–Crippen MR) is 78.6 cm³/mol. The van der Waals surface area contributed by atoms with Crippen LogP contribution < -0.4 is 5.32 Å². The summed E-state index contributed by atoms with van der Waals surface area (Å²) in [5.74, 6) is 0.315. The number of nitrogens with one attached hydrogen (secondary N) is 1. The van der Waals surface area contributed by atoms with Gasteiger partial charge in [0, 0.05) is 19.1 Å². The predicted octanol–water partition coefficient (Wildman–Crippen LogP) is 1.97. The van der Waals surface area contributed by atoms with Crippen molar-refractivity contribution in [3.8, 4) is 0 Å². The van der Waals surface area contributed by atoms with Gasteiger partial charge in [-0.15, -0.1) is 0 Å². The lowest BCUT2D eigenvalue weighted by atomic mass is 9.85. The fourth-order valence-electron chi connectivity index (χ4n) is 2.74. The highest BCUT2D eigenvalue weighted by Crippen LogP contribution is 2.30. The van der Waals surface area contributed by atoms with Gasteiger partial charge in [0.1, 0.15) is 0 Å². The number of rotatable bonds is 7. The van der Waals surface area contributed by atoms with Gasteiger partial charge in [-0.05, 0) is 50.5 Å². The molecule has 1 saturated heterocycles. The Morgan fingerprint density at radius 2 is 2.00 bits per heavy atom. The lowest BCUT2D eigenvalue weighted by molar-refractivity contribution is 0.187. The lowest BCUT2D eigenvalue weighted by Gasteiger charge is -2.37. The second kappa shape index (κ2) is 6.10. The van der Waals surface area contributed by atoms with E-state index in [-0.39, 0.29) is 5.41 Å². The van der Waals surface area contributed by atoms with E-state index in [1.165, 1.54) is 12.8 Å². The van der Waals surface area contributed by atoms with Gasteiger partial charge < -0.3 is 5.32 Å². The van der Waals surface area contributed by atoms with Crippen molar-refractivity contribution in [2.75, 3.05) is 25.4 Å². The first-order chi connectivity index (χ1) is 8.89. The first kappa shape index (κ1) is 15.3. The highest BCUT2D eigenvalue weighted by atomic mass is 32.2. The Balaban J connectivity index is 1.70. The summed E-state index contributed by atoms with van der Waals surface area (Å²) >= 11 is 0. The van der Waals surface area contributed by atoms with Crippen LogP contribution in [-0.4, -0.2) is 44.2 Å². The van der Waals surface area contributed by atoms with E-state index in [9.17, 15) is 8.42 Å². The molecule has 1 aliphatic carbocycles. The molecular formula is C14H28N2O2S. The molecule has 0 aromatic rings. The quantitative estimate of drug-likeness (QED) is 0.729. The summed E-state index contributed by atoms with van der Waals surface area (Å²) in [5.41, 5.74) is 0.138. The molecule has 0 amide bonds. The van der Waals surface area contributed by atoms with Crippen LogP contribution >= 0.6 is 0 Å². The first-order valence-electron chi connectivity index (χ1n) is 7.60. The summed E-state index contributed by atoms with van der Waals surface area (Å²) in [4.78, 5) is 0. The molecule has 1 aliphatic heterocycles. The second-order valence-corrected chi connectivity index (χ2v) is 8.94. The second-order valence-electron chi connectivity index (χ2n) is 6.85. The van der Waals surface area contributed by atoms with E-state index in [4.69, 9.17) is 0 Å². The summed E-state index contributed by atoms with van der Waals surface area (Å²) in [5, 5.41) is 3.43. The van der Waals surface area contributed by atoms with Crippen molar-refractivity contribution in [1.82, 2.24) is 9.62 Å². The molecule has 0 aromatic heterocycles.